The van der Waals surface area contributed by atoms with Crippen LogP contribution < -0.4 is 14.8 Å². The van der Waals surface area contributed by atoms with Crippen molar-refractivity contribution in [1.29, 1.82) is 0 Å². The Bertz CT molecular complexity index is 730. The van der Waals surface area contributed by atoms with E-state index < -0.39 is 6.10 Å². The van der Waals surface area contributed by atoms with Gasteiger partial charge in [0.1, 0.15) is 11.5 Å². The van der Waals surface area contributed by atoms with Crippen LogP contribution in [0.25, 0.3) is 0 Å². The topological polar surface area (TPSA) is 47.6 Å². The summed E-state index contributed by atoms with van der Waals surface area (Å²) in [7, 11) is 0. The van der Waals surface area contributed by atoms with Gasteiger partial charge in [-0.25, -0.2) is 0 Å². The zero-order valence-corrected chi connectivity index (χ0v) is 16.5. The molecule has 2 rings (SSSR count). The summed E-state index contributed by atoms with van der Waals surface area (Å²) in [5.74, 6) is 1.33. The molecule has 0 aromatic heterocycles. The van der Waals surface area contributed by atoms with Crippen LogP contribution in [0, 0.1) is 0 Å². The molecule has 0 saturated heterocycles. The van der Waals surface area contributed by atoms with Crippen molar-refractivity contribution in [1.82, 2.24) is 0 Å². The number of benzene rings is 2. The van der Waals surface area contributed by atoms with Crippen LogP contribution in [-0.2, 0) is 10.2 Å². The summed E-state index contributed by atoms with van der Waals surface area (Å²) >= 11 is 0. The highest BCUT2D eigenvalue weighted by atomic mass is 16.5. The van der Waals surface area contributed by atoms with Crippen molar-refractivity contribution in [2.24, 2.45) is 0 Å². The number of nitrogens with one attached hydrogen (secondary N) is 1. The van der Waals surface area contributed by atoms with Crippen molar-refractivity contribution in [3.05, 3.63) is 54.1 Å². The van der Waals surface area contributed by atoms with Gasteiger partial charge in [0.25, 0.3) is 5.91 Å². The summed E-state index contributed by atoms with van der Waals surface area (Å²) in [6.07, 6.45) is -0.489. The molecular weight excluding hydrogens is 326 g/mol. The van der Waals surface area contributed by atoms with Crippen molar-refractivity contribution >= 4 is 11.6 Å². The van der Waals surface area contributed by atoms with Gasteiger partial charge in [-0.15, -0.1) is 0 Å². The van der Waals surface area contributed by atoms with Gasteiger partial charge in [0, 0.05) is 5.69 Å². The molecule has 140 valence electrons. The molecule has 0 aliphatic rings. The van der Waals surface area contributed by atoms with Crippen LogP contribution in [0.15, 0.2) is 48.5 Å². The molecule has 2 aromatic carbocycles. The van der Waals surface area contributed by atoms with Crippen LogP contribution in [0.4, 0.5) is 5.69 Å². The number of para-hydroxylation sites is 1. The van der Waals surface area contributed by atoms with E-state index in [1.807, 2.05) is 62.4 Å². The Balaban J connectivity index is 2.02. The summed E-state index contributed by atoms with van der Waals surface area (Å²) in [6, 6.07) is 15.2. The Labute approximate surface area is 156 Å². The monoisotopic (exact) mass is 355 g/mol. The molecule has 4 nitrogen and oxygen atoms in total. The maximum absolute atomic E-state index is 12.5. The third-order valence-electron chi connectivity index (χ3n) is 3.86. The predicted molar refractivity (Wildman–Crippen MR) is 106 cm³/mol. The van der Waals surface area contributed by atoms with Gasteiger partial charge in [-0.3, -0.25) is 4.79 Å². The van der Waals surface area contributed by atoms with Gasteiger partial charge < -0.3 is 14.8 Å². The summed E-state index contributed by atoms with van der Waals surface area (Å²) in [5.41, 5.74) is 1.74. The van der Waals surface area contributed by atoms with E-state index in [0.717, 1.165) is 17.1 Å². The van der Waals surface area contributed by atoms with Crippen molar-refractivity contribution in [3.8, 4) is 11.5 Å². The largest absolute Gasteiger partial charge is 0.491 e. The first-order valence-corrected chi connectivity index (χ1v) is 9.00. The number of carbonyl (C=O) groups is 1. The summed E-state index contributed by atoms with van der Waals surface area (Å²) in [5, 5.41) is 2.88. The normalized spacial score (nSPS) is 12.6. The Morgan fingerprint density at radius 1 is 0.923 bits per heavy atom. The molecule has 1 unspecified atom stereocenters. The lowest BCUT2D eigenvalue weighted by molar-refractivity contribution is -0.122. The zero-order chi connectivity index (χ0) is 19.3. The second-order valence-corrected chi connectivity index (χ2v) is 7.69. The zero-order valence-electron chi connectivity index (χ0n) is 16.5. The Hall–Kier alpha value is -2.49. The quantitative estimate of drug-likeness (QED) is 0.777. The van der Waals surface area contributed by atoms with E-state index in [0.29, 0.717) is 5.69 Å². The molecular formula is C22H29NO3. The fourth-order valence-electron chi connectivity index (χ4n) is 2.57. The minimum absolute atomic E-state index is 0.0565. The molecule has 0 aliphatic heterocycles. The van der Waals surface area contributed by atoms with Crippen molar-refractivity contribution in [2.45, 2.75) is 59.2 Å². The number of hydrogen-bond donors (Lipinski definition) is 1. The first-order valence-electron chi connectivity index (χ1n) is 9.00. The van der Waals surface area contributed by atoms with E-state index in [1.54, 1.807) is 6.92 Å². The van der Waals surface area contributed by atoms with Gasteiger partial charge in [-0.05, 0) is 62.1 Å². The number of amides is 1. The number of anilines is 1. The van der Waals surface area contributed by atoms with Gasteiger partial charge in [0.2, 0.25) is 0 Å². The van der Waals surface area contributed by atoms with Crippen molar-refractivity contribution in [3.63, 3.8) is 0 Å². The Kier molecular flexibility index (Phi) is 6.30. The van der Waals surface area contributed by atoms with E-state index in [-0.39, 0.29) is 17.4 Å². The summed E-state index contributed by atoms with van der Waals surface area (Å²) in [6.45, 7) is 12.1. The molecule has 0 radical (unpaired) electrons. The lowest BCUT2D eigenvalue weighted by Crippen LogP contribution is -2.31. The fourth-order valence-corrected chi connectivity index (χ4v) is 2.57. The second-order valence-electron chi connectivity index (χ2n) is 7.69. The van der Waals surface area contributed by atoms with E-state index in [2.05, 4.69) is 26.1 Å². The highest BCUT2D eigenvalue weighted by molar-refractivity contribution is 5.94. The van der Waals surface area contributed by atoms with Crippen molar-refractivity contribution in [2.75, 3.05) is 5.32 Å². The maximum atomic E-state index is 12.5. The molecule has 26 heavy (non-hydrogen) atoms. The van der Waals surface area contributed by atoms with Gasteiger partial charge >= 0.3 is 0 Å². The van der Waals surface area contributed by atoms with Crippen LogP contribution >= 0.6 is 0 Å². The lowest BCUT2D eigenvalue weighted by Gasteiger charge is -2.24. The summed E-state index contributed by atoms with van der Waals surface area (Å²) < 4.78 is 11.6. The molecule has 0 bridgehead atoms. The molecule has 0 fully saturated rings. The maximum Gasteiger partial charge on any atom is 0.265 e. The number of ether oxygens (including phenoxy) is 2. The second kappa shape index (κ2) is 8.26. The van der Waals surface area contributed by atoms with Crippen LogP contribution in [0.5, 0.6) is 11.5 Å². The van der Waals surface area contributed by atoms with Gasteiger partial charge in [-0.2, -0.15) is 0 Å². The molecule has 1 atom stereocenters. The van der Waals surface area contributed by atoms with Gasteiger partial charge in [-0.1, -0.05) is 39.0 Å². The molecule has 0 heterocycles. The Morgan fingerprint density at radius 2 is 1.54 bits per heavy atom. The van der Waals surface area contributed by atoms with E-state index in [9.17, 15) is 4.79 Å². The molecule has 2 aromatic rings. The molecule has 1 N–H and O–H groups in total. The molecule has 1 amide bonds. The molecule has 0 saturated carbocycles. The average molecular weight is 355 g/mol. The first-order chi connectivity index (χ1) is 12.2. The number of hydrogen-bond acceptors (Lipinski definition) is 3. The van der Waals surface area contributed by atoms with Crippen LogP contribution in [0.1, 0.15) is 47.1 Å². The Morgan fingerprint density at radius 3 is 2.12 bits per heavy atom. The highest BCUT2D eigenvalue weighted by Crippen LogP contribution is 2.31. The average Bonchev–Trinajstić information content (AvgIpc) is 2.55. The SMILES string of the molecule is CC(C)Oc1ccc(NC(=O)C(C)Oc2ccccc2C(C)(C)C)cc1. The van der Waals surface area contributed by atoms with Gasteiger partial charge in [0.05, 0.1) is 6.10 Å². The summed E-state index contributed by atoms with van der Waals surface area (Å²) in [4.78, 5) is 12.5. The lowest BCUT2D eigenvalue weighted by atomic mass is 9.86. The van der Waals surface area contributed by atoms with E-state index in [4.69, 9.17) is 9.47 Å². The van der Waals surface area contributed by atoms with Crippen LogP contribution in [-0.4, -0.2) is 18.1 Å². The third kappa shape index (κ3) is 5.51. The number of carbonyl (C=O) groups excluding carboxylic acids is 1. The fraction of sp³-hybridized carbons (Fsp3) is 0.409. The van der Waals surface area contributed by atoms with E-state index in [1.165, 1.54) is 0 Å². The molecule has 4 heteroatoms. The van der Waals surface area contributed by atoms with E-state index >= 15 is 0 Å². The first kappa shape index (κ1) is 19.8. The highest BCUT2D eigenvalue weighted by Gasteiger charge is 2.22. The van der Waals surface area contributed by atoms with Gasteiger partial charge in [0.15, 0.2) is 6.10 Å². The van der Waals surface area contributed by atoms with Crippen LogP contribution in [0.3, 0.4) is 0 Å². The van der Waals surface area contributed by atoms with Crippen LogP contribution in [0.2, 0.25) is 0 Å². The minimum atomic E-state index is -0.606. The molecule has 0 aliphatic carbocycles. The molecule has 0 spiro atoms. The van der Waals surface area contributed by atoms with Crippen molar-refractivity contribution < 1.29 is 14.3 Å². The standard InChI is InChI=1S/C22H29NO3/c1-15(2)25-18-13-11-17(12-14-18)23-21(24)16(3)26-20-10-8-7-9-19(20)22(4,5)6/h7-16H,1-6H3,(H,23,24). The smallest absolute Gasteiger partial charge is 0.265 e. The minimum Gasteiger partial charge on any atom is -0.491 e. The number of rotatable bonds is 6. The third-order valence-corrected chi connectivity index (χ3v) is 3.86. The predicted octanol–water partition coefficient (Wildman–Crippen LogP) is 5.18.